The van der Waals surface area contributed by atoms with Gasteiger partial charge in [0.25, 0.3) is 0 Å². The molecule has 2 aromatic rings. The summed E-state index contributed by atoms with van der Waals surface area (Å²) in [5, 5.41) is 16.0. The molecule has 1 atom stereocenters. The Morgan fingerprint density at radius 1 is 1.31 bits per heavy atom. The number of hydrogen-bond donors (Lipinski definition) is 3. The van der Waals surface area contributed by atoms with Crippen LogP contribution in [0.4, 0.5) is 10.7 Å². The number of rotatable bonds is 6. The average molecular weight is 416 g/mol. The van der Waals surface area contributed by atoms with Crippen molar-refractivity contribution in [2.75, 3.05) is 18.5 Å². The van der Waals surface area contributed by atoms with Crippen LogP contribution in [0.2, 0.25) is 0 Å². The summed E-state index contributed by atoms with van der Waals surface area (Å²) in [4.78, 5) is 23.9. The van der Waals surface area contributed by atoms with E-state index in [4.69, 9.17) is 0 Å². The molecule has 1 aliphatic heterocycles. The zero-order valence-electron chi connectivity index (χ0n) is 16.9. The van der Waals surface area contributed by atoms with Crippen molar-refractivity contribution in [3.8, 4) is 0 Å². The van der Waals surface area contributed by atoms with E-state index in [2.05, 4.69) is 20.6 Å². The minimum Gasteiger partial charge on any atom is -0.394 e. The largest absolute Gasteiger partial charge is 0.394 e. The number of benzene rings is 1. The maximum atomic E-state index is 13.0. The van der Waals surface area contributed by atoms with Gasteiger partial charge in [-0.25, -0.2) is 14.8 Å². The second-order valence-corrected chi connectivity index (χ2v) is 8.12. The van der Waals surface area contributed by atoms with E-state index in [1.54, 1.807) is 4.90 Å². The molecule has 1 aromatic carbocycles. The number of nitrogens with one attached hydrogen (secondary N) is 2. The third-order valence-corrected chi connectivity index (χ3v) is 5.68. The van der Waals surface area contributed by atoms with Crippen molar-refractivity contribution in [3.05, 3.63) is 53.3 Å². The summed E-state index contributed by atoms with van der Waals surface area (Å²) in [6.45, 7) is 5.15. The van der Waals surface area contributed by atoms with Crippen LogP contribution in [0.5, 0.6) is 0 Å². The molecule has 0 radical (unpaired) electrons. The lowest BCUT2D eigenvalue weighted by Gasteiger charge is -2.33. The number of amides is 2. The molecule has 1 aromatic heterocycles. The predicted octanol–water partition coefficient (Wildman–Crippen LogP) is 2.91. The number of urea groups is 1. The number of aliphatic hydroxyl groups excluding tert-OH is 1. The quantitative estimate of drug-likeness (QED) is 0.675. The van der Waals surface area contributed by atoms with Crippen LogP contribution in [0, 0.1) is 5.92 Å². The number of carbonyl (C=O) groups excluding carboxylic acids is 1. The van der Waals surface area contributed by atoms with Gasteiger partial charge in [0, 0.05) is 18.3 Å². The molecule has 1 saturated carbocycles. The molecule has 2 heterocycles. The lowest BCUT2D eigenvalue weighted by Crippen LogP contribution is -2.47. The van der Waals surface area contributed by atoms with E-state index in [0.717, 1.165) is 29.3 Å². The SMILES string of the molecule is CC1(C)c2cnc(NCC3CC3)nc2CN1C(=O)N[C@H](CO)c1ccccc1.S. The summed E-state index contributed by atoms with van der Waals surface area (Å²) in [5.41, 5.74) is 2.18. The van der Waals surface area contributed by atoms with Gasteiger partial charge in [-0.1, -0.05) is 30.3 Å². The fourth-order valence-corrected chi connectivity index (χ4v) is 3.66. The van der Waals surface area contributed by atoms with Crippen molar-refractivity contribution < 1.29 is 9.90 Å². The molecule has 156 valence electrons. The molecule has 8 heteroatoms. The monoisotopic (exact) mass is 415 g/mol. The van der Waals surface area contributed by atoms with Gasteiger partial charge in [-0.2, -0.15) is 13.5 Å². The first kappa shape index (κ1) is 21.4. The molecule has 3 N–H and O–H groups in total. The van der Waals surface area contributed by atoms with Crippen molar-refractivity contribution in [1.82, 2.24) is 20.2 Å². The number of fused-ring (bicyclic) bond motifs is 1. The van der Waals surface area contributed by atoms with E-state index in [1.807, 2.05) is 50.4 Å². The highest BCUT2D eigenvalue weighted by Gasteiger charge is 2.42. The highest BCUT2D eigenvalue weighted by molar-refractivity contribution is 7.59. The van der Waals surface area contributed by atoms with Crippen LogP contribution in [0.25, 0.3) is 0 Å². The first-order valence-electron chi connectivity index (χ1n) is 9.83. The van der Waals surface area contributed by atoms with Crippen LogP contribution in [-0.2, 0) is 12.1 Å². The number of anilines is 1. The van der Waals surface area contributed by atoms with Gasteiger partial charge in [-0.3, -0.25) is 0 Å². The number of hydrogen-bond acceptors (Lipinski definition) is 5. The second-order valence-electron chi connectivity index (χ2n) is 8.12. The summed E-state index contributed by atoms with van der Waals surface area (Å²) in [5.74, 6) is 1.37. The molecule has 0 saturated heterocycles. The maximum absolute atomic E-state index is 13.0. The Morgan fingerprint density at radius 2 is 2.03 bits per heavy atom. The second kappa shape index (κ2) is 8.59. The summed E-state index contributed by atoms with van der Waals surface area (Å²) in [6, 6.07) is 8.82. The Kier molecular flexibility index (Phi) is 6.33. The minimum absolute atomic E-state index is 0. The predicted molar refractivity (Wildman–Crippen MR) is 117 cm³/mol. The zero-order chi connectivity index (χ0) is 19.7. The van der Waals surface area contributed by atoms with Gasteiger partial charge < -0.3 is 20.6 Å². The highest BCUT2D eigenvalue weighted by Crippen LogP contribution is 2.38. The Balaban J connectivity index is 0.00000240. The van der Waals surface area contributed by atoms with Crippen LogP contribution in [0.1, 0.15) is 49.6 Å². The third kappa shape index (κ3) is 4.48. The van der Waals surface area contributed by atoms with Crippen LogP contribution < -0.4 is 10.6 Å². The number of aliphatic hydroxyl groups is 1. The third-order valence-electron chi connectivity index (χ3n) is 5.68. The standard InChI is InChI=1S/C21H27N5O2.H2S/c1-21(2)16-11-23-19(22-10-14-8-9-14)24-17(16)12-26(21)20(28)25-18(13-27)15-6-4-3-5-7-15;/h3-7,11,14,18,27H,8-10,12-13H2,1-2H3,(H,25,28)(H,22,23,24);1H2/t18-;/m1./s1. The molecule has 4 rings (SSSR count). The van der Waals surface area contributed by atoms with E-state index >= 15 is 0 Å². The average Bonchev–Trinajstić information content (AvgIpc) is 3.49. The molecule has 0 unspecified atom stereocenters. The normalized spacial score (nSPS) is 17.8. The Hall–Kier alpha value is -2.32. The van der Waals surface area contributed by atoms with Gasteiger partial charge in [-0.15, -0.1) is 0 Å². The van der Waals surface area contributed by atoms with E-state index < -0.39 is 11.6 Å². The Labute approximate surface area is 178 Å². The van der Waals surface area contributed by atoms with Crippen LogP contribution in [0.15, 0.2) is 36.5 Å². The van der Waals surface area contributed by atoms with Crippen molar-refractivity contribution in [2.45, 2.75) is 44.8 Å². The van der Waals surface area contributed by atoms with Crippen LogP contribution in [-0.4, -0.2) is 39.2 Å². The van der Waals surface area contributed by atoms with Crippen molar-refractivity contribution in [2.24, 2.45) is 5.92 Å². The van der Waals surface area contributed by atoms with Crippen molar-refractivity contribution in [3.63, 3.8) is 0 Å². The number of aromatic nitrogens is 2. The van der Waals surface area contributed by atoms with Gasteiger partial charge in [0.2, 0.25) is 5.95 Å². The first-order valence-corrected chi connectivity index (χ1v) is 9.83. The molecule has 1 aliphatic carbocycles. The molecule has 29 heavy (non-hydrogen) atoms. The maximum Gasteiger partial charge on any atom is 0.319 e. The summed E-state index contributed by atoms with van der Waals surface area (Å²) in [7, 11) is 0. The molecule has 7 nitrogen and oxygen atoms in total. The highest BCUT2D eigenvalue weighted by atomic mass is 32.1. The molecule has 2 aliphatic rings. The number of nitrogens with zero attached hydrogens (tertiary/aromatic N) is 3. The molecule has 0 spiro atoms. The first-order chi connectivity index (χ1) is 13.5. The molecular weight excluding hydrogens is 386 g/mol. The lowest BCUT2D eigenvalue weighted by molar-refractivity contribution is 0.136. The van der Waals surface area contributed by atoms with Gasteiger partial charge >= 0.3 is 6.03 Å². The number of carbonyl (C=O) groups is 1. The molecular formula is C21H29N5O2S. The topological polar surface area (TPSA) is 90.4 Å². The fraction of sp³-hybridized carbons (Fsp3) is 0.476. The van der Waals surface area contributed by atoms with Gasteiger partial charge in [-0.05, 0) is 38.2 Å². The minimum atomic E-state index is -0.523. The lowest BCUT2D eigenvalue weighted by atomic mass is 9.97. The van der Waals surface area contributed by atoms with E-state index in [-0.39, 0.29) is 26.1 Å². The Morgan fingerprint density at radius 3 is 2.69 bits per heavy atom. The van der Waals surface area contributed by atoms with Crippen LogP contribution >= 0.6 is 13.5 Å². The van der Waals surface area contributed by atoms with E-state index in [0.29, 0.717) is 12.5 Å². The van der Waals surface area contributed by atoms with Gasteiger partial charge in [0.05, 0.1) is 30.4 Å². The fourth-order valence-electron chi connectivity index (χ4n) is 3.66. The van der Waals surface area contributed by atoms with Crippen molar-refractivity contribution >= 4 is 25.5 Å². The van der Waals surface area contributed by atoms with E-state index in [9.17, 15) is 9.90 Å². The molecule has 2 amide bonds. The summed E-state index contributed by atoms with van der Waals surface area (Å²) < 4.78 is 0. The van der Waals surface area contributed by atoms with E-state index in [1.165, 1.54) is 12.8 Å². The summed E-state index contributed by atoms with van der Waals surface area (Å²) >= 11 is 0. The molecule has 1 fully saturated rings. The zero-order valence-corrected chi connectivity index (χ0v) is 17.9. The van der Waals surface area contributed by atoms with Crippen LogP contribution in [0.3, 0.4) is 0 Å². The summed E-state index contributed by atoms with van der Waals surface area (Å²) in [6.07, 6.45) is 4.37. The van der Waals surface area contributed by atoms with Gasteiger partial charge in [0.15, 0.2) is 0 Å². The smallest absolute Gasteiger partial charge is 0.319 e. The van der Waals surface area contributed by atoms with Gasteiger partial charge in [0.1, 0.15) is 0 Å². The van der Waals surface area contributed by atoms with Crippen molar-refractivity contribution in [1.29, 1.82) is 0 Å². The Bertz CT molecular complexity index is 857. The molecule has 0 bridgehead atoms.